The summed E-state index contributed by atoms with van der Waals surface area (Å²) in [5.74, 6) is 0. The van der Waals surface area contributed by atoms with Gasteiger partial charge in [0.2, 0.25) is 0 Å². The molecular weight excluding hydrogens is 174 g/mol. The van der Waals surface area contributed by atoms with Gasteiger partial charge < -0.3 is 10.6 Å². The van der Waals surface area contributed by atoms with E-state index in [0.717, 1.165) is 12.1 Å². The number of hydrogen-bond acceptors (Lipinski definition) is 3. The van der Waals surface area contributed by atoms with Crippen LogP contribution in [0.3, 0.4) is 0 Å². The molecular formula is C7H13N3OS. The Morgan fingerprint density at radius 2 is 2.58 bits per heavy atom. The van der Waals surface area contributed by atoms with E-state index in [1.807, 2.05) is 13.8 Å². The summed E-state index contributed by atoms with van der Waals surface area (Å²) in [5.41, 5.74) is 1.08. The van der Waals surface area contributed by atoms with Crippen molar-refractivity contribution in [2.75, 3.05) is 6.54 Å². The third kappa shape index (κ3) is 2.73. The lowest BCUT2D eigenvalue weighted by Gasteiger charge is -2.09. The van der Waals surface area contributed by atoms with E-state index in [0.29, 0.717) is 6.54 Å². The van der Waals surface area contributed by atoms with Gasteiger partial charge in [0.25, 0.3) is 0 Å². The Balaban J connectivity index is 2.21. The molecule has 0 radical (unpaired) electrons. The monoisotopic (exact) mass is 187 g/mol. The molecule has 1 heterocycles. The zero-order valence-corrected chi connectivity index (χ0v) is 8.07. The molecule has 2 amide bonds. The molecule has 0 aromatic heterocycles. The first-order valence-corrected chi connectivity index (χ1v) is 4.79. The molecule has 1 aliphatic rings. The van der Waals surface area contributed by atoms with Crippen LogP contribution in [0.2, 0.25) is 0 Å². The number of nitrogens with one attached hydrogen (secondary N) is 2. The minimum atomic E-state index is -0.111. The summed E-state index contributed by atoms with van der Waals surface area (Å²) < 4.78 is 4.12. The lowest BCUT2D eigenvalue weighted by molar-refractivity contribution is 0.241. The van der Waals surface area contributed by atoms with Gasteiger partial charge in [-0.15, -0.1) is 0 Å². The summed E-state index contributed by atoms with van der Waals surface area (Å²) in [6.45, 7) is 4.51. The highest BCUT2D eigenvalue weighted by Crippen LogP contribution is 2.21. The summed E-state index contributed by atoms with van der Waals surface area (Å²) in [6, 6.07) is -0.111. The van der Waals surface area contributed by atoms with Crippen molar-refractivity contribution in [1.29, 1.82) is 0 Å². The topological polar surface area (TPSA) is 53.5 Å². The van der Waals surface area contributed by atoms with Crippen LogP contribution in [0.5, 0.6) is 0 Å². The molecule has 5 heteroatoms. The van der Waals surface area contributed by atoms with Gasteiger partial charge >= 0.3 is 6.03 Å². The predicted octanol–water partition coefficient (Wildman–Crippen LogP) is 1.14. The smallest absolute Gasteiger partial charge is 0.315 e. The Morgan fingerprint density at radius 1 is 1.83 bits per heavy atom. The largest absolute Gasteiger partial charge is 0.338 e. The first-order chi connectivity index (χ1) is 5.72. The molecule has 0 aromatic carbocycles. The molecule has 1 unspecified atom stereocenters. The first-order valence-electron chi connectivity index (χ1n) is 3.96. The number of rotatable bonds is 2. The molecule has 0 bridgehead atoms. The predicted molar refractivity (Wildman–Crippen MR) is 51.3 cm³/mol. The van der Waals surface area contributed by atoms with Crippen molar-refractivity contribution in [2.24, 2.45) is 4.40 Å². The van der Waals surface area contributed by atoms with Crippen molar-refractivity contribution in [2.45, 2.75) is 25.6 Å². The Labute approximate surface area is 76.3 Å². The number of amides is 2. The molecule has 0 saturated heterocycles. The van der Waals surface area contributed by atoms with Crippen LogP contribution < -0.4 is 10.6 Å². The van der Waals surface area contributed by atoms with E-state index in [1.54, 1.807) is 0 Å². The van der Waals surface area contributed by atoms with Crippen LogP contribution in [0.4, 0.5) is 4.79 Å². The molecule has 0 saturated carbocycles. The second-order valence-electron chi connectivity index (χ2n) is 2.63. The fourth-order valence-corrected chi connectivity index (χ4v) is 1.79. The van der Waals surface area contributed by atoms with Crippen molar-refractivity contribution in [3.8, 4) is 0 Å². The molecule has 1 rings (SSSR count). The zero-order chi connectivity index (χ0) is 8.97. The number of urea groups is 1. The van der Waals surface area contributed by atoms with Crippen molar-refractivity contribution in [1.82, 2.24) is 10.6 Å². The highest BCUT2D eigenvalue weighted by atomic mass is 32.2. The quantitative estimate of drug-likeness (QED) is 0.637. The van der Waals surface area contributed by atoms with Crippen LogP contribution >= 0.6 is 11.9 Å². The molecule has 12 heavy (non-hydrogen) atoms. The van der Waals surface area contributed by atoms with E-state index in [9.17, 15) is 4.79 Å². The Morgan fingerprint density at radius 3 is 3.08 bits per heavy atom. The number of carbonyl (C=O) groups excluding carboxylic acids is 1. The lowest BCUT2D eigenvalue weighted by atomic mass is 10.3. The van der Waals surface area contributed by atoms with Crippen LogP contribution in [0.15, 0.2) is 4.40 Å². The van der Waals surface area contributed by atoms with Gasteiger partial charge in [-0.25, -0.2) is 9.19 Å². The molecule has 0 spiro atoms. The Kier molecular flexibility index (Phi) is 3.40. The lowest BCUT2D eigenvalue weighted by Crippen LogP contribution is -2.40. The van der Waals surface area contributed by atoms with E-state index < -0.39 is 0 Å². The van der Waals surface area contributed by atoms with Gasteiger partial charge in [-0.05, 0) is 25.8 Å². The van der Waals surface area contributed by atoms with E-state index in [1.165, 1.54) is 11.9 Å². The van der Waals surface area contributed by atoms with Crippen LogP contribution in [0.25, 0.3) is 0 Å². The highest BCUT2D eigenvalue weighted by Gasteiger charge is 2.18. The summed E-state index contributed by atoms with van der Waals surface area (Å²) in [6.07, 6.45) is 0.849. The van der Waals surface area contributed by atoms with E-state index >= 15 is 0 Å². The van der Waals surface area contributed by atoms with Gasteiger partial charge in [0.15, 0.2) is 0 Å². The van der Waals surface area contributed by atoms with Gasteiger partial charge in [0.05, 0.1) is 0 Å². The van der Waals surface area contributed by atoms with Crippen molar-refractivity contribution in [3.05, 3.63) is 0 Å². The molecule has 0 aliphatic carbocycles. The maximum Gasteiger partial charge on any atom is 0.315 e. The van der Waals surface area contributed by atoms with Gasteiger partial charge in [-0.2, -0.15) is 0 Å². The highest BCUT2D eigenvalue weighted by molar-refractivity contribution is 7.99. The maximum absolute atomic E-state index is 11.0. The molecule has 1 aliphatic heterocycles. The third-order valence-corrected chi connectivity index (χ3v) is 2.40. The standard InChI is InChI=1S/C7H13N3OS/c1-3-8-7(11)9-6-4-5(2)10-12-6/h6H,3-4H2,1-2H3,(H2,8,9,11). The summed E-state index contributed by atoms with van der Waals surface area (Å²) >= 11 is 1.42. The second-order valence-corrected chi connectivity index (χ2v) is 3.59. The Bertz CT molecular complexity index is 205. The minimum absolute atomic E-state index is 0.111. The van der Waals surface area contributed by atoms with E-state index in [-0.39, 0.29) is 11.4 Å². The van der Waals surface area contributed by atoms with Crippen LogP contribution in [0, 0.1) is 0 Å². The first kappa shape index (κ1) is 9.38. The third-order valence-electron chi connectivity index (χ3n) is 1.45. The van der Waals surface area contributed by atoms with Gasteiger partial charge in [-0.3, -0.25) is 0 Å². The average molecular weight is 187 g/mol. The molecule has 2 N–H and O–H groups in total. The summed E-state index contributed by atoms with van der Waals surface area (Å²) in [7, 11) is 0. The fourth-order valence-electron chi connectivity index (χ4n) is 0.932. The van der Waals surface area contributed by atoms with E-state index in [2.05, 4.69) is 15.0 Å². The maximum atomic E-state index is 11.0. The average Bonchev–Trinajstić information content (AvgIpc) is 2.36. The van der Waals surface area contributed by atoms with E-state index in [4.69, 9.17) is 0 Å². The SMILES string of the molecule is CCNC(=O)NC1CC(C)=NS1. The Hall–Kier alpha value is -0.710. The van der Waals surface area contributed by atoms with Crippen molar-refractivity contribution < 1.29 is 4.79 Å². The molecule has 1 atom stereocenters. The normalized spacial score (nSPS) is 21.8. The second kappa shape index (κ2) is 4.35. The molecule has 4 nitrogen and oxygen atoms in total. The zero-order valence-electron chi connectivity index (χ0n) is 7.26. The number of nitrogens with zero attached hydrogens (tertiary/aromatic N) is 1. The molecule has 0 aromatic rings. The van der Waals surface area contributed by atoms with Crippen molar-refractivity contribution in [3.63, 3.8) is 0 Å². The number of carbonyl (C=O) groups is 1. The fraction of sp³-hybridized carbons (Fsp3) is 0.714. The minimum Gasteiger partial charge on any atom is -0.338 e. The molecule has 68 valence electrons. The van der Waals surface area contributed by atoms with Gasteiger partial charge in [0.1, 0.15) is 5.37 Å². The van der Waals surface area contributed by atoms with Crippen molar-refractivity contribution >= 4 is 23.7 Å². The summed E-state index contributed by atoms with van der Waals surface area (Å²) in [4.78, 5) is 11.0. The molecule has 0 fully saturated rings. The summed E-state index contributed by atoms with van der Waals surface area (Å²) in [5, 5.41) is 5.60. The van der Waals surface area contributed by atoms with Crippen LogP contribution in [-0.4, -0.2) is 23.7 Å². The van der Waals surface area contributed by atoms with Gasteiger partial charge in [-0.1, -0.05) is 0 Å². The van der Waals surface area contributed by atoms with Crippen LogP contribution in [-0.2, 0) is 0 Å². The number of hydrogen-bond donors (Lipinski definition) is 2. The van der Waals surface area contributed by atoms with Gasteiger partial charge in [0, 0.05) is 18.7 Å². The van der Waals surface area contributed by atoms with Crippen LogP contribution in [0.1, 0.15) is 20.3 Å².